The first-order valence-corrected chi connectivity index (χ1v) is 12.1. The molecule has 3 aromatic rings. The molecule has 0 amide bonds. The summed E-state index contributed by atoms with van der Waals surface area (Å²) in [6.07, 6.45) is -2.53. The van der Waals surface area contributed by atoms with Crippen LogP contribution < -0.4 is 5.73 Å². The summed E-state index contributed by atoms with van der Waals surface area (Å²) in [5, 5.41) is 27.1. The summed E-state index contributed by atoms with van der Waals surface area (Å²) in [7, 11) is 0. The van der Waals surface area contributed by atoms with Crippen molar-refractivity contribution in [2.45, 2.75) is 37.5 Å². The fourth-order valence-corrected chi connectivity index (χ4v) is 3.99. The van der Waals surface area contributed by atoms with Crippen LogP contribution in [0, 0.1) is 0 Å². The Hall–Kier alpha value is -5.03. The molecule has 3 aromatic carbocycles. The molecule has 5 N–H and O–H groups in total. The minimum absolute atomic E-state index is 0.0253. The van der Waals surface area contributed by atoms with Gasteiger partial charge in [-0.15, -0.1) is 0 Å². The number of nitrogens with two attached hydrogens (primary N) is 1. The number of benzene rings is 3. The van der Waals surface area contributed by atoms with Gasteiger partial charge in [-0.2, -0.15) is 0 Å². The lowest BCUT2D eigenvalue weighted by molar-refractivity contribution is -0.166. The molecule has 0 saturated heterocycles. The number of hydrogen-bond donors (Lipinski definition) is 4. The second kappa shape index (κ2) is 13.7. The van der Waals surface area contributed by atoms with Crippen molar-refractivity contribution in [2.75, 3.05) is 0 Å². The molecule has 208 valence electrons. The Morgan fingerprint density at radius 1 is 0.700 bits per heavy atom. The second-order valence-corrected chi connectivity index (χ2v) is 8.90. The largest absolute Gasteiger partial charge is 0.481 e. The maximum absolute atomic E-state index is 12.0. The molecule has 11 nitrogen and oxygen atoms in total. The Kier molecular flexibility index (Phi) is 10.1. The zero-order valence-electron chi connectivity index (χ0n) is 21.1. The highest BCUT2D eigenvalue weighted by Crippen LogP contribution is 2.22. The number of ether oxygens (including phenoxy) is 2. The van der Waals surface area contributed by atoms with E-state index in [9.17, 15) is 34.2 Å². The molecule has 0 aliphatic heterocycles. The summed E-state index contributed by atoms with van der Waals surface area (Å²) < 4.78 is 9.52. The maximum Gasteiger partial charge on any atom is 0.349 e. The molecule has 0 bridgehead atoms. The third kappa shape index (κ3) is 8.23. The third-order valence-electron chi connectivity index (χ3n) is 5.84. The Labute approximate surface area is 228 Å². The SMILES string of the molecule is NC1Cc2ccc(CC(=O)O)cc2C1.O=C(O[C@H](C(=O)O)[C@H](OC(=O)c1ccccc1)C(=O)O)c1ccccc1. The van der Waals surface area contributed by atoms with E-state index in [2.05, 4.69) is 0 Å². The lowest BCUT2D eigenvalue weighted by Gasteiger charge is -2.21. The quantitative estimate of drug-likeness (QED) is 0.287. The van der Waals surface area contributed by atoms with Gasteiger partial charge in [-0.25, -0.2) is 19.2 Å². The summed E-state index contributed by atoms with van der Waals surface area (Å²) in [5.74, 6) is -6.42. The highest BCUT2D eigenvalue weighted by molar-refractivity contribution is 5.95. The zero-order chi connectivity index (χ0) is 29.2. The Balaban J connectivity index is 0.000000263. The number of aliphatic carboxylic acids is 3. The Bertz CT molecular complexity index is 1300. The van der Waals surface area contributed by atoms with E-state index in [-0.39, 0.29) is 23.6 Å². The van der Waals surface area contributed by atoms with Crippen molar-refractivity contribution >= 4 is 29.8 Å². The van der Waals surface area contributed by atoms with Gasteiger partial charge in [0.15, 0.2) is 0 Å². The van der Waals surface area contributed by atoms with Gasteiger partial charge in [-0.05, 0) is 53.8 Å². The van der Waals surface area contributed by atoms with Crippen LogP contribution in [0.4, 0.5) is 0 Å². The van der Waals surface area contributed by atoms with Crippen molar-refractivity contribution in [1.29, 1.82) is 0 Å². The van der Waals surface area contributed by atoms with E-state index in [0.717, 1.165) is 18.4 Å². The fourth-order valence-electron chi connectivity index (χ4n) is 3.99. The average molecular weight is 550 g/mol. The number of rotatable bonds is 9. The van der Waals surface area contributed by atoms with Gasteiger partial charge in [0.1, 0.15) is 0 Å². The molecule has 40 heavy (non-hydrogen) atoms. The summed E-state index contributed by atoms with van der Waals surface area (Å²) in [4.78, 5) is 57.4. The van der Waals surface area contributed by atoms with Gasteiger partial charge >= 0.3 is 29.8 Å². The van der Waals surface area contributed by atoms with E-state index in [4.69, 9.17) is 20.3 Å². The Morgan fingerprint density at radius 2 is 1.15 bits per heavy atom. The first kappa shape index (κ1) is 29.5. The van der Waals surface area contributed by atoms with Crippen LogP contribution in [0.25, 0.3) is 0 Å². The molecule has 0 fully saturated rings. The molecule has 1 aliphatic carbocycles. The topological polar surface area (TPSA) is 191 Å². The van der Waals surface area contributed by atoms with Gasteiger partial charge in [0.05, 0.1) is 17.5 Å². The van der Waals surface area contributed by atoms with Gasteiger partial charge in [0, 0.05) is 6.04 Å². The van der Waals surface area contributed by atoms with Crippen LogP contribution in [0.5, 0.6) is 0 Å². The second-order valence-electron chi connectivity index (χ2n) is 8.90. The van der Waals surface area contributed by atoms with E-state index >= 15 is 0 Å². The summed E-state index contributed by atoms with van der Waals surface area (Å²) in [6, 6.07) is 20.9. The van der Waals surface area contributed by atoms with E-state index < -0.39 is 42.1 Å². The third-order valence-corrected chi connectivity index (χ3v) is 5.84. The van der Waals surface area contributed by atoms with E-state index in [1.807, 2.05) is 18.2 Å². The lowest BCUT2D eigenvalue weighted by atomic mass is 10.0. The van der Waals surface area contributed by atoms with Gasteiger partial charge in [-0.3, -0.25) is 4.79 Å². The van der Waals surface area contributed by atoms with Gasteiger partial charge < -0.3 is 30.5 Å². The zero-order valence-corrected chi connectivity index (χ0v) is 21.1. The number of fused-ring (bicyclic) bond motifs is 1. The molecule has 0 heterocycles. The van der Waals surface area contributed by atoms with E-state index in [0.29, 0.717) is 0 Å². The summed E-state index contributed by atoms with van der Waals surface area (Å²) in [5.41, 5.74) is 9.23. The highest BCUT2D eigenvalue weighted by atomic mass is 16.6. The van der Waals surface area contributed by atoms with Crippen LogP contribution in [0.3, 0.4) is 0 Å². The van der Waals surface area contributed by atoms with Crippen LogP contribution in [0.15, 0.2) is 78.9 Å². The number of carbonyl (C=O) groups excluding carboxylic acids is 2. The van der Waals surface area contributed by atoms with Gasteiger partial charge in [0.25, 0.3) is 0 Å². The standard InChI is InChI=1S/C18H14O8.C11H13NO2/c19-15(20)13(25-17(23)11-7-3-1-4-8-11)14(16(21)22)26-18(24)12-9-5-2-6-10-12;12-10-5-8-2-1-7(4-11(13)14)3-9(8)6-10/h1-10,13-14H,(H,19,20)(H,21,22);1-3,10H,4-6,12H2,(H,13,14)/t13-,14-;/m0./s1. The number of hydrogen-bond acceptors (Lipinski definition) is 8. The molecule has 0 saturated carbocycles. The van der Waals surface area contributed by atoms with Crippen LogP contribution in [0.1, 0.15) is 37.4 Å². The first-order chi connectivity index (χ1) is 19.0. The molecule has 3 atom stereocenters. The molecular formula is C29H27NO10. The molecule has 0 spiro atoms. The molecule has 11 heteroatoms. The smallest absolute Gasteiger partial charge is 0.349 e. The molecule has 1 aliphatic rings. The molecule has 0 aromatic heterocycles. The van der Waals surface area contributed by atoms with Crippen molar-refractivity contribution in [1.82, 2.24) is 0 Å². The van der Waals surface area contributed by atoms with Crippen molar-refractivity contribution in [3.8, 4) is 0 Å². The monoisotopic (exact) mass is 549 g/mol. The van der Waals surface area contributed by atoms with Gasteiger partial charge in [-0.1, -0.05) is 54.6 Å². The van der Waals surface area contributed by atoms with Crippen LogP contribution >= 0.6 is 0 Å². The predicted molar refractivity (Wildman–Crippen MR) is 140 cm³/mol. The number of esters is 2. The van der Waals surface area contributed by atoms with Crippen molar-refractivity contribution in [3.05, 3.63) is 107 Å². The van der Waals surface area contributed by atoms with Crippen molar-refractivity contribution in [2.24, 2.45) is 5.73 Å². The first-order valence-electron chi connectivity index (χ1n) is 12.1. The molecular weight excluding hydrogens is 522 g/mol. The Morgan fingerprint density at radius 3 is 1.57 bits per heavy atom. The summed E-state index contributed by atoms with van der Waals surface area (Å²) in [6.45, 7) is 0. The molecule has 1 unspecified atom stereocenters. The minimum atomic E-state index is -2.21. The number of carbonyl (C=O) groups is 5. The normalized spacial score (nSPS) is 14.9. The molecule has 0 radical (unpaired) electrons. The average Bonchev–Trinajstić information content (AvgIpc) is 3.30. The van der Waals surface area contributed by atoms with E-state index in [1.54, 1.807) is 12.1 Å². The predicted octanol–water partition coefficient (Wildman–Crippen LogP) is 2.35. The lowest BCUT2D eigenvalue weighted by Crippen LogP contribution is -2.45. The van der Waals surface area contributed by atoms with E-state index in [1.165, 1.54) is 59.7 Å². The minimum Gasteiger partial charge on any atom is -0.481 e. The number of carboxylic acids is 3. The van der Waals surface area contributed by atoms with Crippen LogP contribution in [-0.4, -0.2) is 63.4 Å². The van der Waals surface area contributed by atoms with Crippen LogP contribution in [0.2, 0.25) is 0 Å². The number of carboxylic acid groups (broad SMARTS) is 3. The van der Waals surface area contributed by atoms with Crippen molar-refractivity contribution in [3.63, 3.8) is 0 Å². The van der Waals surface area contributed by atoms with Crippen LogP contribution in [-0.2, 0) is 43.1 Å². The summed E-state index contributed by atoms with van der Waals surface area (Å²) >= 11 is 0. The highest BCUT2D eigenvalue weighted by Gasteiger charge is 2.41. The molecule has 4 rings (SSSR count). The fraction of sp³-hybridized carbons (Fsp3) is 0.207. The van der Waals surface area contributed by atoms with Crippen molar-refractivity contribution < 1.29 is 48.8 Å². The maximum atomic E-state index is 12.0. The van der Waals surface area contributed by atoms with Gasteiger partial charge in [0.2, 0.25) is 12.2 Å².